The van der Waals surface area contributed by atoms with Crippen molar-refractivity contribution in [2.24, 2.45) is 5.92 Å². The van der Waals surface area contributed by atoms with E-state index in [0.717, 1.165) is 20.9 Å². The van der Waals surface area contributed by atoms with E-state index in [1.165, 1.54) is 0 Å². The lowest BCUT2D eigenvalue weighted by molar-refractivity contribution is -0.120. The van der Waals surface area contributed by atoms with Crippen LogP contribution in [0.25, 0.3) is 0 Å². The second-order valence-electron chi connectivity index (χ2n) is 6.37. The maximum absolute atomic E-state index is 13.9. The Kier molecular flexibility index (Phi) is 6.38. The van der Waals surface area contributed by atoms with Gasteiger partial charge in [-0.25, -0.2) is 17.2 Å². The Morgan fingerprint density at radius 2 is 1.82 bits per heavy atom. The van der Waals surface area contributed by atoms with Gasteiger partial charge in [0.1, 0.15) is 16.5 Å². The summed E-state index contributed by atoms with van der Waals surface area (Å²) in [7, 11) is -4.17. The number of hydrogen-bond acceptors (Lipinski definition) is 3. The van der Waals surface area contributed by atoms with Crippen LogP contribution in [0.1, 0.15) is 12.8 Å². The summed E-state index contributed by atoms with van der Waals surface area (Å²) in [6.07, 6.45) is 0.520. The first kappa shape index (κ1) is 21.2. The largest absolute Gasteiger partial charge is 0.325 e. The van der Waals surface area contributed by atoms with Crippen LogP contribution in [0.3, 0.4) is 0 Å². The van der Waals surface area contributed by atoms with E-state index in [0.29, 0.717) is 16.8 Å². The summed E-state index contributed by atoms with van der Waals surface area (Å²) in [5.74, 6) is -2.52. The highest BCUT2D eigenvalue weighted by Gasteiger charge is 2.34. The lowest BCUT2D eigenvalue weighted by Gasteiger charge is -2.30. The van der Waals surface area contributed by atoms with Gasteiger partial charge in [-0.1, -0.05) is 27.5 Å². The third kappa shape index (κ3) is 4.53. The van der Waals surface area contributed by atoms with Crippen molar-refractivity contribution in [1.29, 1.82) is 0 Å². The number of anilines is 1. The monoisotopic (exact) mass is 492 g/mol. The molecule has 28 heavy (non-hydrogen) atoms. The summed E-state index contributed by atoms with van der Waals surface area (Å²) in [5, 5.41) is 3.12. The zero-order valence-corrected chi connectivity index (χ0v) is 17.6. The van der Waals surface area contributed by atoms with Crippen molar-refractivity contribution in [3.05, 3.63) is 57.5 Å². The minimum absolute atomic E-state index is 0.0322. The molecule has 2 aromatic rings. The van der Waals surface area contributed by atoms with Crippen molar-refractivity contribution >= 4 is 49.1 Å². The van der Waals surface area contributed by atoms with Crippen LogP contribution in [-0.4, -0.2) is 31.7 Å². The van der Waals surface area contributed by atoms with Gasteiger partial charge in [0.05, 0.1) is 10.7 Å². The van der Waals surface area contributed by atoms with Crippen LogP contribution in [0.2, 0.25) is 5.02 Å². The molecule has 1 fully saturated rings. The van der Waals surface area contributed by atoms with Crippen molar-refractivity contribution in [2.45, 2.75) is 17.7 Å². The van der Waals surface area contributed by atoms with E-state index in [4.69, 9.17) is 11.6 Å². The van der Waals surface area contributed by atoms with E-state index < -0.39 is 32.5 Å². The molecule has 150 valence electrons. The van der Waals surface area contributed by atoms with Gasteiger partial charge in [-0.2, -0.15) is 4.31 Å². The molecule has 0 unspecified atom stereocenters. The molecule has 1 heterocycles. The molecule has 5 nitrogen and oxygen atoms in total. The summed E-state index contributed by atoms with van der Waals surface area (Å²) in [6, 6.07) is 7.36. The molecule has 0 aliphatic carbocycles. The van der Waals surface area contributed by atoms with E-state index in [2.05, 4.69) is 21.2 Å². The second kappa shape index (κ2) is 8.44. The Hall–Kier alpha value is -1.55. The van der Waals surface area contributed by atoms with Crippen molar-refractivity contribution < 1.29 is 22.0 Å². The molecule has 3 rings (SSSR count). The Bertz CT molecular complexity index is 1010. The van der Waals surface area contributed by atoms with Crippen LogP contribution < -0.4 is 5.32 Å². The molecular formula is C18H16BrClF2N2O3S. The number of nitrogens with zero attached hydrogens (tertiary/aromatic N) is 1. The lowest BCUT2D eigenvalue weighted by Crippen LogP contribution is -2.41. The molecule has 0 spiro atoms. The first-order chi connectivity index (χ1) is 13.2. The van der Waals surface area contributed by atoms with Gasteiger partial charge in [-0.15, -0.1) is 0 Å². The van der Waals surface area contributed by atoms with Gasteiger partial charge < -0.3 is 5.32 Å². The molecule has 0 saturated carbocycles. The minimum Gasteiger partial charge on any atom is -0.325 e. The van der Waals surface area contributed by atoms with Gasteiger partial charge in [0.2, 0.25) is 15.9 Å². The van der Waals surface area contributed by atoms with Crippen LogP contribution in [0.5, 0.6) is 0 Å². The van der Waals surface area contributed by atoms with Gasteiger partial charge in [-0.3, -0.25) is 4.79 Å². The molecule has 0 aromatic heterocycles. The van der Waals surface area contributed by atoms with Crippen LogP contribution in [0, 0.1) is 17.6 Å². The van der Waals surface area contributed by atoms with Gasteiger partial charge in [0.25, 0.3) is 0 Å². The second-order valence-corrected chi connectivity index (χ2v) is 9.60. The van der Waals surface area contributed by atoms with Crippen molar-refractivity contribution in [1.82, 2.24) is 4.31 Å². The number of carbonyl (C=O) groups is 1. The molecule has 0 radical (unpaired) electrons. The standard InChI is InChI=1S/C18H16BrClF2N2O3S/c19-12-1-4-16(14(20)9-12)23-18(25)11-5-7-24(8-6-11)28(26,27)17-10-13(21)2-3-15(17)22/h1-4,9-11H,5-8H2,(H,23,25). The van der Waals surface area contributed by atoms with Crippen molar-refractivity contribution in [3.8, 4) is 0 Å². The Balaban J connectivity index is 1.66. The SMILES string of the molecule is O=C(Nc1ccc(Br)cc1Cl)C1CCN(S(=O)(=O)c2cc(F)ccc2F)CC1. The molecule has 10 heteroatoms. The van der Waals surface area contributed by atoms with E-state index in [-0.39, 0.29) is 31.8 Å². The number of halogens is 4. The summed E-state index contributed by atoms with van der Waals surface area (Å²) < 4.78 is 54.3. The molecule has 1 aliphatic heterocycles. The molecule has 1 aliphatic rings. The minimum atomic E-state index is -4.17. The van der Waals surface area contributed by atoms with Crippen LogP contribution in [0.4, 0.5) is 14.5 Å². The molecule has 1 amide bonds. The fourth-order valence-electron chi connectivity index (χ4n) is 3.00. The number of rotatable bonds is 4. The Morgan fingerprint density at radius 3 is 2.46 bits per heavy atom. The molecular weight excluding hydrogens is 478 g/mol. The molecule has 1 saturated heterocycles. The first-order valence-corrected chi connectivity index (χ1v) is 11.0. The first-order valence-electron chi connectivity index (χ1n) is 8.39. The number of hydrogen-bond donors (Lipinski definition) is 1. The summed E-state index contributed by atoms with van der Waals surface area (Å²) in [4.78, 5) is 11.8. The maximum Gasteiger partial charge on any atom is 0.246 e. The highest BCUT2D eigenvalue weighted by Crippen LogP contribution is 2.29. The third-order valence-corrected chi connectivity index (χ3v) is 7.24. The third-order valence-electron chi connectivity index (χ3n) is 4.52. The van der Waals surface area contributed by atoms with Crippen molar-refractivity contribution in [2.75, 3.05) is 18.4 Å². The van der Waals surface area contributed by atoms with E-state index in [9.17, 15) is 22.0 Å². The van der Waals surface area contributed by atoms with Gasteiger partial charge in [-0.05, 0) is 49.2 Å². The Morgan fingerprint density at radius 1 is 1.14 bits per heavy atom. The quantitative estimate of drug-likeness (QED) is 0.686. The molecule has 2 aromatic carbocycles. The Labute approximate surface area is 174 Å². The predicted molar refractivity (Wildman–Crippen MR) is 106 cm³/mol. The zero-order chi connectivity index (χ0) is 20.5. The predicted octanol–water partition coefficient (Wildman–Crippen LogP) is 4.42. The van der Waals surface area contributed by atoms with Crippen LogP contribution in [-0.2, 0) is 14.8 Å². The molecule has 1 N–H and O–H groups in total. The number of sulfonamides is 1. The lowest BCUT2D eigenvalue weighted by atomic mass is 9.97. The number of nitrogens with one attached hydrogen (secondary N) is 1. The highest BCUT2D eigenvalue weighted by molar-refractivity contribution is 9.10. The molecule has 0 atom stereocenters. The van der Waals surface area contributed by atoms with Crippen LogP contribution in [0.15, 0.2) is 45.8 Å². The van der Waals surface area contributed by atoms with E-state index in [1.54, 1.807) is 18.2 Å². The number of benzene rings is 2. The zero-order valence-electron chi connectivity index (χ0n) is 14.5. The fraction of sp³-hybridized carbons (Fsp3) is 0.278. The molecule has 0 bridgehead atoms. The summed E-state index contributed by atoms with van der Waals surface area (Å²) in [6.45, 7) is 0.0644. The average molecular weight is 494 g/mol. The summed E-state index contributed by atoms with van der Waals surface area (Å²) in [5.41, 5.74) is 0.465. The fourth-order valence-corrected chi connectivity index (χ4v) is 5.26. The smallest absolute Gasteiger partial charge is 0.246 e. The van der Waals surface area contributed by atoms with E-state index in [1.807, 2.05) is 0 Å². The van der Waals surface area contributed by atoms with Crippen molar-refractivity contribution in [3.63, 3.8) is 0 Å². The maximum atomic E-state index is 13.9. The topological polar surface area (TPSA) is 66.5 Å². The highest BCUT2D eigenvalue weighted by atomic mass is 79.9. The summed E-state index contributed by atoms with van der Waals surface area (Å²) >= 11 is 9.38. The average Bonchev–Trinajstić information content (AvgIpc) is 2.66. The van der Waals surface area contributed by atoms with Crippen LogP contribution >= 0.6 is 27.5 Å². The number of carbonyl (C=O) groups excluding carboxylic acids is 1. The number of amides is 1. The van der Waals surface area contributed by atoms with Gasteiger partial charge >= 0.3 is 0 Å². The van der Waals surface area contributed by atoms with Gasteiger partial charge in [0.15, 0.2) is 0 Å². The number of piperidine rings is 1. The van der Waals surface area contributed by atoms with Gasteiger partial charge in [0, 0.05) is 23.5 Å². The van der Waals surface area contributed by atoms with E-state index >= 15 is 0 Å². The normalized spacial score (nSPS) is 16.1.